The second-order valence-corrected chi connectivity index (χ2v) is 5.11. The van der Waals surface area contributed by atoms with E-state index in [1.54, 1.807) is 6.07 Å². The first-order valence-electron chi connectivity index (χ1n) is 5.85. The zero-order chi connectivity index (χ0) is 12.5. The van der Waals surface area contributed by atoms with Crippen LogP contribution in [0.1, 0.15) is 12.5 Å². The summed E-state index contributed by atoms with van der Waals surface area (Å²) in [5, 5.41) is 0.939. The highest BCUT2D eigenvalue weighted by Gasteiger charge is 2.06. The summed E-state index contributed by atoms with van der Waals surface area (Å²) in [6.07, 6.45) is 1.04. The lowest BCUT2D eigenvalue weighted by Gasteiger charge is -1.98. The van der Waals surface area contributed by atoms with Crippen LogP contribution in [0.5, 0.6) is 0 Å². The largest absolute Gasteiger partial charge is 0.312 e. The summed E-state index contributed by atoms with van der Waals surface area (Å²) in [7, 11) is 0. The molecule has 0 spiro atoms. The van der Waals surface area contributed by atoms with Gasteiger partial charge in [-0.05, 0) is 18.1 Å². The topological polar surface area (TPSA) is 45.8 Å². The van der Waals surface area contributed by atoms with Crippen LogP contribution in [0.4, 0.5) is 0 Å². The molecule has 2 aromatic heterocycles. The van der Waals surface area contributed by atoms with Crippen molar-refractivity contribution in [3.63, 3.8) is 0 Å². The Bertz CT molecular complexity index is 740. The number of rotatable bonds is 2. The molecule has 0 radical (unpaired) electrons. The van der Waals surface area contributed by atoms with Gasteiger partial charge in [0.15, 0.2) is 0 Å². The minimum absolute atomic E-state index is 0.0842. The number of pyridine rings is 1. The standard InChI is InChI=1S/C14H12N2OS/c1-2-9-3-5-10(6-4-9)13-15-11-7-8-12(17)16-14(11)18-13/h3-8H,2H2,1H3,(H,16,17). The van der Waals surface area contributed by atoms with Gasteiger partial charge < -0.3 is 4.98 Å². The third-order valence-corrected chi connectivity index (χ3v) is 3.93. The molecule has 0 unspecified atom stereocenters. The van der Waals surface area contributed by atoms with Gasteiger partial charge in [-0.1, -0.05) is 42.5 Å². The fourth-order valence-corrected chi connectivity index (χ4v) is 2.81. The highest BCUT2D eigenvalue weighted by atomic mass is 32.1. The van der Waals surface area contributed by atoms with Crippen molar-refractivity contribution in [3.8, 4) is 10.6 Å². The van der Waals surface area contributed by atoms with E-state index < -0.39 is 0 Å². The summed E-state index contributed by atoms with van der Waals surface area (Å²) >= 11 is 1.51. The van der Waals surface area contributed by atoms with Gasteiger partial charge in [0.25, 0.3) is 0 Å². The zero-order valence-electron chi connectivity index (χ0n) is 9.93. The average Bonchev–Trinajstić information content (AvgIpc) is 2.81. The number of H-pyrrole nitrogens is 1. The van der Waals surface area contributed by atoms with Crippen LogP contribution in [0.3, 0.4) is 0 Å². The maximum atomic E-state index is 11.2. The van der Waals surface area contributed by atoms with Crippen LogP contribution in [0.2, 0.25) is 0 Å². The number of thiazole rings is 1. The minimum atomic E-state index is -0.0842. The molecule has 0 amide bonds. The third-order valence-electron chi connectivity index (χ3n) is 2.89. The summed E-state index contributed by atoms with van der Waals surface area (Å²) in [6.45, 7) is 2.14. The summed E-state index contributed by atoms with van der Waals surface area (Å²) in [4.78, 5) is 19.4. The maximum absolute atomic E-state index is 11.2. The Morgan fingerprint density at radius 2 is 1.94 bits per heavy atom. The molecule has 2 heterocycles. The molecule has 0 aliphatic heterocycles. The molecule has 3 nitrogen and oxygen atoms in total. The SMILES string of the molecule is CCc1ccc(-c2nc3ccc(=O)[nH]c3s2)cc1. The summed E-state index contributed by atoms with van der Waals surface area (Å²) in [5.74, 6) is 0. The van der Waals surface area contributed by atoms with Gasteiger partial charge in [-0.3, -0.25) is 4.79 Å². The Labute approximate surface area is 108 Å². The van der Waals surface area contributed by atoms with Crippen LogP contribution in [0.25, 0.3) is 20.9 Å². The molecule has 4 heteroatoms. The molecule has 0 saturated carbocycles. The van der Waals surface area contributed by atoms with Gasteiger partial charge in [0.05, 0.1) is 5.52 Å². The van der Waals surface area contributed by atoms with Crippen molar-refractivity contribution in [2.45, 2.75) is 13.3 Å². The Hall–Kier alpha value is -1.94. The van der Waals surface area contributed by atoms with Crippen LogP contribution in [-0.4, -0.2) is 9.97 Å². The lowest BCUT2D eigenvalue weighted by atomic mass is 10.1. The number of fused-ring (bicyclic) bond motifs is 1. The number of aromatic nitrogens is 2. The number of nitrogens with one attached hydrogen (secondary N) is 1. The predicted octanol–water partition coefficient (Wildman–Crippen LogP) is 3.21. The van der Waals surface area contributed by atoms with Gasteiger partial charge in [0.2, 0.25) is 5.56 Å². The number of nitrogens with zero attached hydrogens (tertiary/aromatic N) is 1. The van der Waals surface area contributed by atoms with E-state index in [4.69, 9.17) is 0 Å². The van der Waals surface area contributed by atoms with Crippen LogP contribution in [0, 0.1) is 0 Å². The summed E-state index contributed by atoms with van der Waals surface area (Å²) in [5.41, 5.74) is 3.16. The van der Waals surface area contributed by atoms with E-state index in [2.05, 4.69) is 41.2 Å². The monoisotopic (exact) mass is 256 g/mol. The minimum Gasteiger partial charge on any atom is -0.312 e. The van der Waals surface area contributed by atoms with Crippen LogP contribution in [0.15, 0.2) is 41.2 Å². The van der Waals surface area contributed by atoms with Crippen LogP contribution >= 0.6 is 11.3 Å². The molecular weight excluding hydrogens is 244 g/mol. The van der Waals surface area contributed by atoms with Gasteiger partial charge in [0, 0.05) is 11.6 Å². The normalized spacial score (nSPS) is 10.9. The lowest BCUT2D eigenvalue weighted by molar-refractivity contribution is 1.14. The lowest BCUT2D eigenvalue weighted by Crippen LogP contribution is -2.00. The van der Waals surface area contributed by atoms with Gasteiger partial charge in [-0.2, -0.15) is 0 Å². The first-order chi connectivity index (χ1) is 8.76. The fraction of sp³-hybridized carbons (Fsp3) is 0.143. The van der Waals surface area contributed by atoms with Crippen molar-refractivity contribution in [1.82, 2.24) is 9.97 Å². The van der Waals surface area contributed by atoms with E-state index in [1.807, 2.05) is 0 Å². The maximum Gasteiger partial charge on any atom is 0.249 e. The Morgan fingerprint density at radius 3 is 2.67 bits per heavy atom. The number of hydrogen-bond acceptors (Lipinski definition) is 3. The van der Waals surface area contributed by atoms with Gasteiger partial charge in [-0.15, -0.1) is 0 Å². The average molecular weight is 256 g/mol. The van der Waals surface area contributed by atoms with E-state index in [0.29, 0.717) is 0 Å². The summed E-state index contributed by atoms with van der Waals surface area (Å²) < 4.78 is 0. The van der Waals surface area contributed by atoms with Crippen molar-refractivity contribution in [2.75, 3.05) is 0 Å². The smallest absolute Gasteiger partial charge is 0.249 e. The molecule has 18 heavy (non-hydrogen) atoms. The van der Waals surface area contributed by atoms with E-state index in [9.17, 15) is 4.79 Å². The highest BCUT2D eigenvalue weighted by Crippen LogP contribution is 2.28. The molecular formula is C14H12N2OS. The predicted molar refractivity (Wildman–Crippen MR) is 75.1 cm³/mol. The molecule has 3 aromatic rings. The van der Waals surface area contributed by atoms with Crippen molar-refractivity contribution >= 4 is 21.7 Å². The Balaban J connectivity index is 2.10. The molecule has 0 bridgehead atoms. The third kappa shape index (κ3) is 1.95. The summed E-state index contributed by atoms with van der Waals surface area (Å²) in [6, 6.07) is 11.7. The molecule has 0 aliphatic carbocycles. The molecule has 1 aromatic carbocycles. The first-order valence-corrected chi connectivity index (χ1v) is 6.67. The first kappa shape index (κ1) is 11.2. The second-order valence-electron chi connectivity index (χ2n) is 4.11. The Morgan fingerprint density at radius 1 is 1.17 bits per heavy atom. The van der Waals surface area contributed by atoms with Crippen molar-refractivity contribution in [3.05, 3.63) is 52.3 Å². The highest BCUT2D eigenvalue weighted by molar-refractivity contribution is 7.21. The van der Waals surface area contributed by atoms with Crippen molar-refractivity contribution in [2.24, 2.45) is 0 Å². The zero-order valence-corrected chi connectivity index (χ0v) is 10.8. The van der Waals surface area contributed by atoms with E-state index in [-0.39, 0.29) is 5.56 Å². The molecule has 1 N–H and O–H groups in total. The van der Waals surface area contributed by atoms with E-state index in [0.717, 1.165) is 27.3 Å². The second kappa shape index (κ2) is 4.38. The number of hydrogen-bond donors (Lipinski definition) is 1. The van der Waals surface area contributed by atoms with Crippen molar-refractivity contribution < 1.29 is 0 Å². The van der Waals surface area contributed by atoms with Crippen LogP contribution in [-0.2, 0) is 6.42 Å². The van der Waals surface area contributed by atoms with Crippen molar-refractivity contribution in [1.29, 1.82) is 0 Å². The number of aryl methyl sites for hydroxylation is 1. The van der Waals surface area contributed by atoms with Gasteiger partial charge in [-0.25, -0.2) is 4.98 Å². The molecule has 0 saturated heterocycles. The fourth-order valence-electron chi connectivity index (χ4n) is 1.85. The molecule has 0 aliphatic rings. The molecule has 90 valence electrons. The van der Waals surface area contributed by atoms with Gasteiger partial charge in [0.1, 0.15) is 9.84 Å². The number of aromatic amines is 1. The van der Waals surface area contributed by atoms with Crippen LogP contribution < -0.4 is 5.56 Å². The Kier molecular flexibility index (Phi) is 2.72. The molecule has 0 atom stereocenters. The van der Waals surface area contributed by atoms with E-state index in [1.165, 1.54) is 23.0 Å². The number of benzene rings is 1. The molecule has 0 fully saturated rings. The quantitative estimate of drug-likeness (QED) is 0.765. The van der Waals surface area contributed by atoms with Gasteiger partial charge >= 0.3 is 0 Å². The molecule has 3 rings (SSSR count). The van der Waals surface area contributed by atoms with E-state index >= 15 is 0 Å².